The normalized spacial score (nSPS) is 14.2. The van der Waals surface area contributed by atoms with E-state index < -0.39 is 0 Å². The van der Waals surface area contributed by atoms with Crippen LogP contribution in [0.4, 0.5) is 11.4 Å². The molecular weight excluding hydrogens is 304 g/mol. The number of nitrogens with one attached hydrogen (secondary N) is 2. The van der Waals surface area contributed by atoms with Gasteiger partial charge in [0.15, 0.2) is 5.96 Å². The molecule has 0 spiro atoms. The van der Waals surface area contributed by atoms with Crippen LogP contribution in [0.25, 0.3) is 0 Å². The summed E-state index contributed by atoms with van der Waals surface area (Å²) in [6, 6.07) is 3.90. The summed E-state index contributed by atoms with van der Waals surface area (Å²) in [5.74, 6) is 0.777. The van der Waals surface area contributed by atoms with Gasteiger partial charge in [-0.2, -0.15) is 0 Å². The Hall–Kier alpha value is -0.940. The Kier molecular flexibility index (Phi) is 3.79. The lowest BCUT2D eigenvalue weighted by molar-refractivity contribution is 0.959. The van der Waals surface area contributed by atoms with E-state index in [-0.39, 0.29) is 0 Å². The van der Waals surface area contributed by atoms with Crippen LogP contribution in [0.2, 0.25) is 5.02 Å². The highest BCUT2D eigenvalue weighted by Gasteiger charge is 2.14. The van der Waals surface area contributed by atoms with E-state index in [4.69, 9.17) is 11.6 Å². The summed E-state index contributed by atoms with van der Waals surface area (Å²) in [7, 11) is 3.92. The second kappa shape index (κ2) is 5.14. The van der Waals surface area contributed by atoms with Gasteiger partial charge in [0, 0.05) is 25.1 Å². The number of rotatable bonds is 2. The van der Waals surface area contributed by atoms with Crippen molar-refractivity contribution in [2.75, 3.05) is 37.4 Å². The topological polar surface area (TPSA) is 39.7 Å². The third kappa shape index (κ3) is 2.66. The summed E-state index contributed by atoms with van der Waals surface area (Å²) in [6.45, 7) is 1.67. The fraction of sp³-hybridized carbons (Fsp3) is 0.364. The highest BCUT2D eigenvalue weighted by molar-refractivity contribution is 9.10. The van der Waals surface area contributed by atoms with Gasteiger partial charge in [-0.05, 0) is 28.1 Å². The molecule has 17 heavy (non-hydrogen) atoms. The summed E-state index contributed by atoms with van der Waals surface area (Å²) >= 11 is 9.87. The zero-order chi connectivity index (χ0) is 12.4. The lowest BCUT2D eigenvalue weighted by Gasteiger charge is -2.19. The van der Waals surface area contributed by atoms with Crippen LogP contribution in [0.5, 0.6) is 0 Å². The van der Waals surface area contributed by atoms with Crippen LogP contribution in [0.3, 0.4) is 0 Å². The van der Waals surface area contributed by atoms with Crippen LogP contribution >= 0.6 is 27.5 Å². The van der Waals surface area contributed by atoms with Gasteiger partial charge in [0.25, 0.3) is 0 Å². The molecule has 1 aromatic carbocycles. The van der Waals surface area contributed by atoms with Crippen LogP contribution in [-0.2, 0) is 0 Å². The highest BCUT2D eigenvalue weighted by atomic mass is 79.9. The van der Waals surface area contributed by atoms with Gasteiger partial charge in [-0.15, -0.1) is 0 Å². The maximum Gasteiger partial charge on any atom is 0.195 e. The third-order valence-electron chi connectivity index (χ3n) is 2.44. The molecular formula is C11H14BrClN4. The molecule has 1 aliphatic rings. The van der Waals surface area contributed by atoms with E-state index in [9.17, 15) is 0 Å². The molecule has 0 saturated carbocycles. The molecule has 0 aromatic heterocycles. The molecule has 0 unspecified atom stereocenters. The number of halogens is 2. The van der Waals surface area contributed by atoms with E-state index in [0.717, 1.165) is 34.9 Å². The zero-order valence-electron chi connectivity index (χ0n) is 9.72. The standard InChI is InChI=1S/C11H14BrClN4/c1-17(2)10-7(12)3-4-8(9(10)13)16-11-14-5-6-15-11/h3-4H,5-6H2,1-2H3,(H2,14,15,16). The van der Waals surface area contributed by atoms with Gasteiger partial charge < -0.3 is 15.5 Å². The van der Waals surface area contributed by atoms with Crippen LogP contribution in [0.1, 0.15) is 0 Å². The molecule has 2 rings (SSSR count). The molecule has 4 nitrogen and oxygen atoms in total. The SMILES string of the molecule is CN(C)c1c(Br)ccc(NC2=NCCN2)c1Cl. The second-order valence-corrected chi connectivity index (χ2v) is 5.17. The van der Waals surface area contributed by atoms with Gasteiger partial charge in [-0.1, -0.05) is 11.6 Å². The first kappa shape index (κ1) is 12.5. The van der Waals surface area contributed by atoms with E-state index >= 15 is 0 Å². The second-order valence-electron chi connectivity index (χ2n) is 3.93. The van der Waals surface area contributed by atoms with Crippen LogP contribution < -0.4 is 15.5 Å². The first-order chi connectivity index (χ1) is 8.09. The van der Waals surface area contributed by atoms with Crippen LogP contribution in [-0.4, -0.2) is 33.1 Å². The molecule has 2 N–H and O–H groups in total. The summed E-state index contributed by atoms with van der Waals surface area (Å²) in [5, 5.41) is 7.02. The molecule has 0 amide bonds. The Morgan fingerprint density at radius 1 is 1.47 bits per heavy atom. The van der Waals surface area contributed by atoms with E-state index in [1.165, 1.54) is 0 Å². The average Bonchev–Trinajstić information content (AvgIpc) is 2.74. The third-order valence-corrected chi connectivity index (χ3v) is 3.46. The first-order valence-corrected chi connectivity index (χ1v) is 6.47. The molecule has 1 aromatic rings. The number of hydrogen-bond donors (Lipinski definition) is 2. The Morgan fingerprint density at radius 3 is 2.82 bits per heavy atom. The fourth-order valence-corrected chi connectivity index (χ4v) is 2.84. The first-order valence-electron chi connectivity index (χ1n) is 5.30. The number of nitrogens with zero attached hydrogens (tertiary/aromatic N) is 2. The van der Waals surface area contributed by atoms with E-state index in [1.54, 1.807) is 0 Å². The quantitative estimate of drug-likeness (QED) is 0.880. The Morgan fingerprint density at radius 2 is 2.24 bits per heavy atom. The molecule has 0 aliphatic carbocycles. The van der Waals surface area contributed by atoms with Crippen molar-refractivity contribution in [2.24, 2.45) is 4.99 Å². The number of aliphatic imine (C=N–C) groups is 1. The van der Waals surface area contributed by atoms with E-state index in [1.807, 2.05) is 31.1 Å². The maximum atomic E-state index is 6.37. The van der Waals surface area contributed by atoms with Crippen molar-refractivity contribution in [2.45, 2.75) is 0 Å². The molecule has 0 radical (unpaired) electrons. The predicted molar refractivity (Wildman–Crippen MR) is 77.4 cm³/mol. The zero-order valence-corrected chi connectivity index (χ0v) is 12.1. The van der Waals surface area contributed by atoms with Crippen molar-refractivity contribution in [3.05, 3.63) is 21.6 Å². The largest absolute Gasteiger partial charge is 0.375 e. The van der Waals surface area contributed by atoms with Crippen molar-refractivity contribution in [1.82, 2.24) is 5.32 Å². The van der Waals surface area contributed by atoms with Gasteiger partial charge in [-0.3, -0.25) is 4.99 Å². The van der Waals surface area contributed by atoms with Crippen molar-refractivity contribution in [1.29, 1.82) is 0 Å². The summed E-state index contributed by atoms with van der Waals surface area (Å²) < 4.78 is 0.972. The van der Waals surface area contributed by atoms with Gasteiger partial charge in [0.2, 0.25) is 0 Å². The Bertz CT molecular complexity index is 459. The van der Waals surface area contributed by atoms with Crippen LogP contribution in [0.15, 0.2) is 21.6 Å². The van der Waals surface area contributed by atoms with Crippen molar-refractivity contribution in [3.63, 3.8) is 0 Å². The molecule has 0 fully saturated rings. The summed E-state index contributed by atoms with van der Waals surface area (Å²) in [5.41, 5.74) is 1.81. The lowest BCUT2D eigenvalue weighted by atomic mass is 10.2. The summed E-state index contributed by atoms with van der Waals surface area (Å²) in [4.78, 5) is 6.25. The van der Waals surface area contributed by atoms with Crippen LogP contribution in [0, 0.1) is 0 Å². The lowest BCUT2D eigenvalue weighted by Crippen LogP contribution is -2.26. The average molecular weight is 318 g/mol. The van der Waals surface area contributed by atoms with Gasteiger partial charge in [0.1, 0.15) is 0 Å². The fourth-order valence-electron chi connectivity index (χ4n) is 1.66. The molecule has 1 heterocycles. The molecule has 0 saturated heterocycles. The number of guanidine groups is 1. The molecule has 0 atom stereocenters. The number of benzene rings is 1. The van der Waals surface area contributed by atoms with E-state index in [2.05, 4.69) is 31.6 Å². The monoisotopic (exact) mass is 316 g/mol. The Labute approximate surface area is 114 Å². The van der Waals surface area contributed by atoms with Gasteiger partial charge >= 0.3 is 0 Å². The Balaban J connectivity index is 2.32. The van der Waals surface area contributed by atoms with Crippen molar-refractivity contribution in [3.8, 4) is 0 Å². The van der Waals surface area contributed by atoms with Gasteiger partial charge in [-0.25, -0.2) is 0 Å². The smallest absolute Gasteiger partial charge is 0.195 e. The number of anilines is 2. The number of hydrogen-bond acceptors (Lipinski definition) is 4. The minimum atomic E-state index is 0.681. The maximum absolute atomic E-state index is 6.37. The molecule has 1 aliphatic heterocycles. The van der Waals surface area contributed by atoms with E-state index in [0.29, 0.717) is 5.02 Å². The predicted octanol–water partition coefficient (Wildman–Crippen LogP) is 2.54. The highest BCUT2D eigenvalue weighted by Crippen LogP contribution is 2.38. The molecule has 92 valence electrons. The minimum absolute atomic E-state index is 0.681. The molecule has 0 bridgehead atoms. The van der Waals surface area contributed by atoms with Crippen molar-refractivity contribution < 1.29 is 0 Å². The minimum Gasteiger partial charge on any atom is -0.375 e. The van der Waals surface area contributed by atoms with Gasteiger partial charge in [0.05, 0.1) is 22.9 Å². The molecule has 6 heteroatoms. The summed E-state index contributed by atoms with van der Waals surface area (Å²) in [6.07, 6.45) is 0. The van der Waals surface area contributed by atoms with Crippen molar-refractivity contribution >= 4 is 44.9 Å².